The molecule has 0 unspecified atom stereocenters. The number of aryl methyl sites for hydroxylation is 1. The van der Waals surface area contributed by atoms with Crippen molar-refractivity contribution in [1.82, 2.24) is 14.5 Å². The van der Waals surface area contributed by atoms with Gasteiger partial charge in [-0.15, -0.1) is 0 Å². The molecule has 1 aromatic carbocycles. The van der Waals surface area contributed by atoms with Gasteiger partial charge in [0.1, 0.15) is 11.6 Å². The molecule has 2 heterocycles. The lowest BCUT2D eigenvalue weighted by Gasteiger charge is -2.15. The molecule has 0 radical (unpaired) electrons. The van der Waals surface area contributed by atoms with Gasteiger partial charge in [-0.1, -0.05) is 11.6 Å². The van der Waals surface area contributed by atoms with Crippen molar-refractivity contribution >= 4 is 28.8 Å². The smallest absolute Gasteiger partial charge is 0.253 e. The van der Waals surface area contributed by atoms with E-state index in [-0.39, 0.29) is 17.1 Å². The summed E-state index contributed by atoms with van der Waals surface area (Å²) in [6, 6.07) is 3.40. The highest BCUT2D eigenvalue weighted by molar-refractivity contribution is 6.10. The molecule has 5 N–H and O–H groups in total. The van der Waals surface area contributed by atoms with Crippen molar-refractivity contribution in [3.8, 4) is 11.4 Å². The number of fused-ring (bicyclic) bond motifs is 1. The first-order chi connectivity index (χ1) is 12.2. The van der Waals surface area contributed by atoms with Crippen LogP contribution in [0, 0.1) is 13.8 Å². The van der Waals surface area contributed by atoms with E-state index in [1.54, 1.807) is 29.8 Å². The Balaban J connectivity index is 2.49. The predicted molar refractivity (Wildman–Crippen MR) is 102 cm³/mol. The lowest BCUT2D eigenvalue weighted by molar-refractivity contribution is 0.100. The maximum atomic E-state index is 12.0. The van der Waals surface area contributed by atoms with Gasteiger partial charge in [-0.2, -0.15) is 0 Å². The van der Waals surface area contributed by atoms with Crippen LogP contribution in [0.5, 0.6) is 5.75 Å². The molecule has 2 aromatic heterocycles. The second-order valence-electron chi connectivity index (χ2n) is 6.52. The monoisotopic (exact) mass is 351 g/mol. The highest BCUT2D eigenvalue weighted by atomic mass is 16.3. The van der Waals surface area contributed by atoms with E-state index in [9.17, 15) is 9.90 Å². The number of carbonyl (C=O) groups excluding carboxylic acids is 1. The number of hydrogen-bond acceptors (Lipinski definition) is 5. The van der Waals surface area contributed by atoms with E-state index in [4.69, 9.17) is 11.5 Å². The number of aromatic hydroxyl groups is 1. The fourth-order valence-electron chi connectivity index (χ4n) is 3.08. The lowest BCUT2D eigenvalue weighted by Crippen LogP contribution is -2.14. The van der Waals surface area contributed by atoms with Crippen molar-refractivity contribution in [2.24, 2.45) is 5.73 Å². The molecule has 0 bridgehead atoms. The largest absolute Gasteiger partial charge is 0.508 e. The van der Waals surface area contributed by atoms with E-state index < -0.39 is 5.91 Å². The van der Waals surface area contributed by atoms with Gasteiger partial charge >= 0.3 is 0 Å². The number of nitrogens with two attached hydrogens (primary N) is 2. The molecule has 3 rings (SSSR count). The van der Waals surface area contributed by atoms with Crippen LogP contribution in [-0.2, 0) is 0 Å². The summed E-state index contributed by atoms with van der Waals surface area (Å²) in [5.74, 6) is 0.155. The number of primary amides is 1. The van der Waals surface area contributed by atoms with Gasteiger partial charge in [0.15, 0.2) is 11.5 Å². The van der Waals surface area contributed by atoms with Crippen LogP contribution in [0.2, 0.25) is 0 Å². The topological polar surface area (TPSA) is 120 Å². The molecule has 0 saturated carbocycles. The van der Waals surface area contributed by atoms with Gasteiger partial charge < -0.3 is 16.6 Å². The molecule has 7 nitrogen and oxygen atoms in total. The molecule has 0 atom stereocenters. The number of allylic oxidation sites excluding steroid dienone is 1. The number of nitrogens with zero attached hydrogens (tertiary/aromatic N) is 3. The first-order valence-electron chi connectivity index (χ1n) is 8.13. The van der Waals surface area contributed by atoms with E-state index in [2.05, 4.69) is 9.97 Å². The first-order valence-corrected chi connectivity index (χ1v) is 8.13. The van der Waals surface area contributed by atoms with Gasteiger partial charge in [0, 0.05) is 11.8 Å². The number of hydrogen-bond donors (Lipinski definition) is 3. The minimum Gasteiger partial charge on any atom is -0.508 e. The number of rotatable bonds is 3. The lowest BCUT2D eigenvalue weighted by atomic mass is 10.1. The standard InChI is InChI=1S/C19H21N5O2/c1-9(2)7-14-22-8-12-15(18(21)26)17(20)24(19(12)23-14)16-10(3)5-6-13(25)11(16)4/h5-8,25H,20H2,1-4H3,(H2,21,26). The van der Waals surface area contributed by atoms with Gasteiger partial charge in [-0.05, 0) is 45.4 Å². The number of amides is 1. The molecule has 1 amide bonds. The maximum Gasteiger partial charge on any atom is 0.253 e. The molecule has 0 spiro atoms. The number of phenolic OH excluding ortho intramolecular Hbond substituents is 1. The van der Waals surface area contributed by atoms with Crippen molar-refractivity contribution in [3.63, 3.8) is 0 Å². The Morgan fingerprint density at radius 2 is 1.96 bits per heavy atom. The van der Waals surface area contributed by atoms with E-state index in [1.807, 2.05) is 26.8 Å². The summed E-state index contributed by atoms with van der Waals surface area (Å²) in [7, 11) is 0. The van der Waals surface area contributed by atoms with Crippen LogP contribution < -0.4 is 11.5 Å². The maximum absolute atomic E-state index is 12.0. The molecule has 134 valence electrons. The Morgan fingerprint density at radius 1 is 1.27 bits per heavy atom. The average molecular weight is 351 g/mol. The van der Waals surface area contributed by atoms with Crippen LogP contribution in [-0.4, -0.2) is 25.5 Å². The zero-order valence-corrected chi connectivity index (χ0v) is 15.2. The van der Waals surface area contributed by atoms with Crippen molar-refractivity contribution < 1.29 is 9.90 Å². The van der Waals surface area contributed by atoms with Gasteiger partial charge in [-0.25, -0.2) is 9.97 Å². The number of phenols is 1. The number of anilines is 1. The zero-order chi connectivity index (χ0) is 19.2. The van der Waals surface area contributed by atoms with E-state index >= 15 is 0 Å². The third-order valence-corrected chi connectivity index (χ3v) is 4.26. The fraction of sp³-hybridized carbons (Fsp3) is 0.211. The zero-order valence-electron chi connectivity index (χ0n) is 15.2. The number of nitrogen functional groups attached to an aromatic ring is 1. The highest BCUT2D eigenvalue weighted by Crippen LogP contribution is 2.35. The summed E-state index contributed by atoms with van der Waals surface area (Å²) < 4.78 is 1.66. The van der Waals surface area contributed by atoms with Crippen LogP contribution in [0.15, 0.2) is 23.9 Å². The van der Waals surface area contributed by atoms with Crippen LogP contribution >= 0.6 is 0 Å². The van der Waals surface area contributed by atoms with Crippen molar-refractivity contribution in [2.75, 3.05) is 5.73 Å². The molecular weight excluding hydrogens is 330 g/mol. The SMILES string of the molecule is CC(C)=Cc1ncc2c(C(N)=O)c(N)n(-c3c(C)ccc(O)c3C)c2n1. The van der Waals surface area contributed by atoms with Crippen LogP contribution in [0.3, 0.4) is 0 Å². The Labute approximate surface area is 151 Å². The molecule has 7 heteroatoms. The number of benzene rings is 1. The molecule has 0 aliphatic rings. The quantitative estimate of drug-likeness (QED) is 0.670. The summed E-state index contributed by atoms with van der Waals surface area (Å²) in [6.45, 7) is 7.57. The molecule has 0 aliphatic heterocycles. The normalized spacial score (nSPS) is 10.9. The van der Waals surface area contributed by atoms with Crippen molar-refractivity contribution in [1.29, 1.82) is 0 Å². The average Bonchev–Trinajstić information content (AvgIpc) is 2.83. The van der Waals surface area contributed by atoms with Gasteiger partial charge in [0.05, 0.1) is 16.6 Å². The Morgan fingerprint density at radius 3 is 2.58 bits per heavy atom. The van der Waals surface area contributed by atoms with Gasteiger partial charge in [0.2, 0.25) is 0 Å². The van der Waals surface area contributed by atoms with Crippen molar-refractivity contribution in [3.05, 3.63) is 46.4 Å². The second-order valence-corrected chi connectivity index (χ2v) is 6.52. The summed E-state index contributed by atoms with van der Waals surface area (Å²) >= 11 is 0. The summed E-state index contributed by atoms with van der Waals surface area (Å²) in [6.07, 6.45) is 3.39. The van der Waals surface area contributed by atoms with E-state index in [0.29, 0.717) is 28.1 Å². The summed E-state index contributed by atoms with van der Waals surface area (Å²) in [5, 5.41) is 10.6. The molecule has 0 saturated heterocycles. The van der Waals surface area contributed by atoms with Crippen LogP contribution in [0.25, 0.3) is 22.8 Å². The molecular formula is C19H21N5O2. The number of aromatic nitrogens is 3. The summed E-state index contributed by atoms with van der Waals surface area (Å²) in [4.78, 5) is 20.9. The molecule has 0 aliphatic carbocycles. The minimum atomic E-state index is -0.653. The second kappa shape index (κ2) is 6.18. The van der Waals surface area contributed by atoms with Crippen LogP contribution in [0.4, 0.5) is 5.82 Å². The van der Waals surface area contributed by atoms with E-state index in [0.717, 1.165) is 11.1 Å². The Kier molecular flexibility index (Phi) is 4.15. The number of carbonyl (C=O) groups is 1. The first kappa shape index (κ1) is 17.5. The van der Waals surface area contributed by atoms with E-state index in [1.165, 1.54) is 0 Å². The third kappa shape index (κ3) is 2.67. The molecule has 3 aromatic rings. The third-order valence-electron chi connectivity index (χ3n) is 4.26. The predicted octanol–water partition coefficient (Wildman–Crippen LogP) is 2.85. The van der Waals surface area contributed by atoms with Crippen molar-refractivity contribution in [2.45, 2.75) is 27.7 Å². The van der Waals surface area contributed by atoms with Crippen LogP contribution in [0.1, 0.15) is 41.2 Å². The fourth-order valence-corrected chi connectivity index (χ4v) is 3.08. The summed E-state index contributed by atoms with van der Waals surface area (Å²) in [5.41, 5.74) is 15.7. The molecule has 0 fully saturated rings. The van der Waals surface area contributed by atoms with Gasteiger partial charge in [-0.3, -0.25) is 9.36 Å². The Bertz CT molecular complexity index is 1080. The highest BCUT2D eigenvalue weighted by Gasteiger charge is 2.24. The van der Waals surface area contributed by atoms with Gasteiger partial charge in [0.25, 0.3) is 5.91 Å². The minimum absolute atomic E-state index is 0.131. The Hall–Kier alpha value is -3.35. The molecule has 26 heavy (non-hydrogen) atoms.